The third-order valence-electron chi connectivity index (χ3n) is 6.51. The Morgan fingerprint density at radius 1 is 0.943 bits per heavy atom. The van der Waals surface area contributed by atoms with Gasteiger partial charge in [0.05, 0.1) is 24.2 Å². The van der Waals surface area contributed by atoms with Crippen molar-refractivity contribution >= 4 is 22.6 Å². The van der Waals surface area contributed by atoms with E-state index < -0.39 is 0 Å². The van der Waals surface area contributed by atoms with Crippen molar-refractivity contribution in [1.82, 2.24) is 4.90 Å². The van der Waals surface area contributed by atoms with Crippen LogP contribution in [-0.4, -0.2) is 44.2 Å². The number of ether oxygens (including phenoxy) is 1. The van der Waals surface area contributed by atoms with Crippen LogP contribution in [0.15, 0.2) is 82.0 Å². The Bertz CT molecular complexity index is 1420. The van der Waals surface area contributed by atoms with Crippen molar-refractivity contribution in [2.24, 2.45) is 0 Å². The summed E-state index contributed by atoms with van der Waals surface area (Å²) in [7, 11) is 1.78. The lowest BCUT2D eigenvalue weighted by atomic mass is 10.0. The molecule has 6 nitrogen and oxygen atoms in total. The molecular weight excluding hydrogens is 440 g/mol. The Labute approximate surface area is 204 Å². The van der Waals surface area contributed by atoms with Gasteiger partial charge in [0.15, 0.2) is 11.0 Å². The zero-order chi connectivity index (χ0) is 24.4. The molecule has 0 saturated carbocycles. The molecule has 3 aromatic carbocycles. The molecule has 0 atom stereocenters. The third kappa shape index (κ3) is 4.45. The number of rotatable bonds is 5. The summed E-state index contributed by atoms with van der Waals surface area (Å²) in [6, 6.07) is 22.8. The molecule has 2 heterocycles. The fraction of sp³-hybridized carbons (Fsp3) is 0.241. The van der Waals surface area contributed by atoms with Crippen molar-refractivity contribution in [3.05, 3.63) is 99.7 Å². The van der Waals surface area contributed by atoms with E-state index in [1.807, 2.05) is 42.5 Å². The summed E-state index contributed by atoms with van der Waals surface area (Å²) in [6.07, 6.45) is 0. The quantitative estimate of drug-likeness (QED) is 0.418. The maximum Gasteiger partial charge on any atom is 0.257 e. The van der Waals surface area contributed by atoms with Crippen LogP contribution in [0.5, 0.6) is 0 Å². The molecule has 0 N–H and O–H groups in total. The van der Waals surface area contributed by atoms with Crippen LogP contribution < -0.4 is 10.3 Å². The number of anilines is 1. The van der Waals surface area contributed by atoms with Gasteiger partial charge in [0, 0.05) is 43.5 Å². The first-order valence-electron chi connectivity index (χ1n) is 11.8. The van der Waals surface area contributed by atoms with E-state index in [1.165, 1.54) is 0 Å². The zero-order valence-corrected chi connectivity index (χ0v) is 20.0. The molecule has 0 aliphatic carbocycles. The van der Waals surface area contributed by atoms with Gasteiger partial charge in [-0.15, -0.1) is 0 Å². The second kappa shape index (κ2) is 9.76. The largest absolute Gasteiger partial charge is 0.455 e. The summed E-state index contributed by atoms with van der Waals surface area (Å²) in [4.78, 5) is 30.8. The number of nitrogens with zero attached hydrogens (tertiary/aromatic N) is 2. The number of carbonyl (C=O) groups excluding carboxylic acids is 1. The highest BCUT2D eigenvalue weighted by atomic mass is 16.5. The first-order chi connectivity index (χ1) is 17.0. The first kappa shape index (κ1) is 22.9. The molecular formula is C29H28N2O4. The van der Waals surface area contributed by atoms with Crippen molar-refractivity contribution in [3.8, 4) is 11.3 Å². The lowest BCUT2D eigenvalue weighted by Gasteiger charge is -2.31. The molecule has 1 aliphatic rings. The van der Waals surface area contributed by atoms with Crippen molar-refractivity contribution in [2.75, 3.05) is 38.3 Å². The molecule has 0 unspecified atom stereocenters. The van der Waals surface area contributed by atoms with Crippen LogP contribution in [0.1, 0.15) is 21.5 Å². The molecule has 4 aromatic rings. The van der Waals surface area contributed by atoms with Gasteiger partial charge in [0.2, 0.25) is 0 Å². The van der Waals surface area contributed by atoms with E-state index in [9.17, 15) is 9.59 Å². The molecule has 178 valence electrons. The average Bonchev–Trinajstić information content (AvgIpc) is 2.91. The van der Waals surface area contributed by atoms with E-state index in [0.717, 1.165) is 29.9 Å². The van der Waals surface area contributed by atoms with Crippen molar-refractivity contribution in [3.63, 3.8) is 0 Å². The highest BCUT2D eigenvalue weighted by Gasteiger charge is 2.22. The number of benzene rings is 3. The van der Waals surface area contributed by atoms with E-state index in [4.69, 9.17) is 9.15 Å². The monoisotopic (exact) mass is 468 g/mol. The molecule has 0 spiro atoms. The number of fused-ring (bicyclic) bond motifs is 1. The first-order valence-corrected chi connectivity index (χ1v) is 11.8. The minimum absolute atomic E-state index is 0.125. The lowest BCUT2D eigenvalue weighted by Crippen LogP contribution is -2.37. The Morgan fingerprint density at radius 2 is 1.66 bits per heavy atom. The summed E-state index contributed by atoms with van der Waals surface area (Å²) in [6.45, 7) is 5.24. The number of morpholine rings is 1. The predicted molar refractivity (Wildman–Crippen MR) is 138 cm³/mol. The number of para-hydroxylation sites is 2. The average molecular weight is 469 g/mol. The molecule has 1 aliphatic heterocycles. The number of hydrogen-bond acceptors (Lipinski definition) is 5. The Balaban J connectivity index is 1.51. The van der Waals surface area contributed by atoms with Crippen molar-refractivity contribution < 1.29 is 13.9 Å². The van der Waals surface area contributed by atoms with Crippen LogP contribution in [0, 0.1) is 6.92 Å². The van der Waals surface area contributed by atoms with Gasteiger partial charge in [0.25, 0.3) is 5.91 Å². The molecule has 0 radical (unpaired) electrons. The molecule has 6 heteroatoms. The minimum atomic E-state index is -0.196. The third-order valence-corrected chi connectivity index (χ3v) is 6.51. The number of hydrogen-bond donors (Lipinski definition) is 0. The van der Waals surface area contributed by atoms with Gasteiger partial charge < -0.3 is 19.0 Å². The predicted octanol–water partition coefficient (Wildman–Crippen LogP) is 4.88. The van der Waals surface area contributed by atoms with Gasteiger partial charge in [0.1, 0.15) is 5.76 Å². The zero-order valence-electron chi connectivity index (χ0n) is 20.0. The molecule has 1 fully saturated rings. The normalized spacial score (nSPS) is 13.7. The minimum Gasteiger partial charge on any atom is -0.455 e. The molecule has 5 rings (SSSR count). The van der Waals surface area contributed by atoms with Gasteiger partial charge in [-0.2, -0.15) is 0 Å². The Kier molecular flexibility index (Phi) is 6.38. The lowest BCUT2D eigenvalue weighted by molar-refractivity contribution is 0.0785. The summed E-state index contributed by atoms with van der Waals surface area (Å²) in [5.41, 5.74) is 4.08. The number of amides is 1. The molecule has 0 bridgehead atoms. The van der Waals surface area contributed by atoms with Gasteiger partial charge >= 0.3 is 0 Å². The second-order valence-electron chi connectivity index (χ2n) is 8.82. The van der Waals surface area contributed by atoms with E-state index in [0.29, 0.717) is 47.6 Å². The summed E-state index contributed by atoms with van der Waals surface area (Å²) in [5, 5.41) is 0.412. The Hall–Kier alpha value is -3.90. The van der Waals surface area contributed by atoms with Crippen LogP contribution in [0.25, 0.3) is 22.3 Å². The second-order valence-corrected chi connectivity index (χ2v) is 8.82. The van der Waals surface area contributed by atoms with E-state index in [-0.39, 0.29) is 11.3 Å². The van der Waals surface area contributed by atoms with Gasteiger partial charge in [-0.05, 0) is 30.7 Å². The molecule has 1 amide bonds. The number of carbonyl (C=O) groups is 1. The molecule has 35 heavy (non-hydrogen) atoms. The SMILES string of the molecule is Cc1c(-c2ccccc2)oc2c(C(=O)N(C)Cc3ccccc3N3CCOCC3)cccc2c1=O. The molecule has 1 saturated heterocycles. The van der Waals surface area contributed by atoms with E-state index in [1.54, 1.807) is 37.1 Å². The van der Waals surface area contributed by atoms with Crippen molar-refractivity contribution in [1.29, 1.82) is 0 Å². The standard InChI is InChI=1S/C29H28N2O4/c1-20-26(32)23-12-8-13-24(28(23)35-27(20)21-9-4-3-5-10-21)29(33)30(2)19-22-11-6-7-14-25(22)31-15-17-34-18-16-31/h3-14H,15-19H2,1-2H3. The summed E-state index contributed by atoms with van der Waals surface area (Å²) >= 11 is 0. The van der Waals surface area contributed by atoms with Crippen LogP contribution in [0.2, 0.25) is 0 Å². The van der Waals surface area contributed by atoms with Crippen LogP contribution in [0.4, 0.5) is 5.69 Å². The van der Waals surface area contributed by atoms with Crippen LogP contribution in [-0.2, 0) is 11.3 Å². The fourth-order valence-corrected chi connectivity index (χ4v) is 4.63. The summed E-state index contributed by atoms with van der Waals surface area (Å²) < 4.78 is 11.8. The van der Waals surface area contributed by atoms with Gasteiger partial charge in [-0.25, -0.2) is 0 Å². The van der Waals surface area contributed by atoms with Crippen LogP contribution >= 0.6 is 0 Å². The van der Waals surface area contributed by atoms with Crippen LogP contribution in [0.3, 0.4) is 0 Å². The fourth-order valence-electron chi connectivity index (χ4n) is 4.63. The van der Waals surface area contributed by atoms with Gasteiger partial charge in [-0.3, -0.25) is 9.59 Å². The summed E-state index contributed by atoms with van der Waals surface area (Å²) in [5.74, 6) is 0.294. The van der Waals surface area contributed by atoms with E-state index >= 15 is 0 Å². The van der Waals surface area contributed by atoms with E-state index in [2.05, 4.69) is 17.0 Å². The maximum atomic E-state index is 13.6. The highest BCUT2D eigenvalue weighted by Crippen LogP contribution is 2.29. The smallest absolute Gasteiger partial charge is 0.257 e. The topological polar surface area (TPSA) is 63.0 Å². The van der Waals surface area contributed by atoms with Crippen molar-refractivity contribution in [2.45, 2.75) is 13.5 Å². The highest BCUT2D eigenvalue weighted by molar-refractivity contribution is 6.05. The Morgan fingerprint density at radius 3 is 2.43 bits per heavy atom. The molecule has 1 aromatic heterocycles. The van der Waals surface area contributed by atoms with Gasteiger partial charge in [-0.1, -0.05) is 54.6 Å². The maximum absolute atomic E-state index is 13.6.